The predicted molar refractivity (Wildman–Crippen MR) is 381 cm³/mol. The van der Waals surface area contributed by atoms with E-state index < -0.39 is 97.5 Å². The molecule has 2 unspecified atom stereocenters. The number of esters is 4. The second-order valence-electron chi connectivity index (χ2n) is 28.0. The molecule has 0 rings (SSSR count). The highest BCUT2D eigenvalue weighted by Gasteiger charge is 2.30. The van der Waals surface area contributed by atoms with Crippen LogP contribution in [0.1, 0.15) is 388 Å². The van der Waals surface area contributed by atoms with Gasteiger partial charge < -0.3 is 33.8 Å². The van der Waals surface area contributed by atoms with Crippen molar-refractivity contribution in [2.45, 2.75) is 407 Å². The first-order valence-corrected chi connectivity index (χ1v) is 42.0. The number of hydrogen-bond acceptors (Lipinski definition) is 15. The number of carbonyl (C=O) groups is 4. The Morgan fingerprint density at radius 1 is 0.287 bits per heavy atom. The van der Waals surface area contributed by atoms with Crippen molar-refractivity contribution in [2.24, 2.45) is 11.8 Å². The third kappa shape index (κ3) is 68.6. The SMILES string of the molecule is CCCCCCCCCCCCCCCCCCCCCCCC(=O)O[C@H](COC(=O)CCCCCCCCCCCCCCCCCCC(C)C)COP(=O)(O)OC[C@@H](O)COP(=O)(O)OC[C@@H](COC(=O)CCCCCCC)OC(=O)CCCCCCCCC(C)C. The first-order valence-electron chi connectivity index (χ1n) is 39.0. The first-order chi connectivity index (χ1) is 45.4. The average Bonchev–Trinajstić information content (AvgIpc) is 1.71. The quantitative estimate of drug-likeness (QED) is 0.0222. The van der Waals surface area contributed by atoms with E-state index in [9.17, 15) is 43.2 Å². The van der Waals surface area contributed by atoms with E-state index in [1.807, 2.05) is 0 Å². The highest BCUT2D eigenvalue weighted by molar-refractivity contribution is 7.47. The molecule has 0 radical (unpaired) electrons. The molecule has 17 nitrogen and oxygen atoms in total. The molecule has 0 amide bonds. The Kier molecular flexibility index (Phi) is 65.5. The Balaban J connectivity index is 5.09. The van der Waals surface area contributed by atoms with Crippen LogP contribution in [0.15, 0.2) is 0 Å². The molecule has 0 saturated carbocycles. The third-order valence-electron chi connectivity index (χ3n) is 17.5. The molecule has 0 aromatic heterocycles. The van der Waals surface area contributed by atoms with Gasteiger partial charge in [0.25, 0.3) is 0 Å². The molecule has 0 aliphatic carbocycles. The van der Waals surface area contributed by atoms with Crippen LogP contribution in [0.3, 0.4) is 0 Å². The summed E-state index contributed by atoms with van der Waals surface area (Å²) >= 11 is 0. The summed E-state index contributed by atoms with van der Waals surface area (Å²) in [6.45, 7) is 9.42. The maximum atomic E-state index is 13.1. The Labute approximate surface area is 575 Å². The molecule has 0 fully saturated rings. The van der Waals surface area contributed by atoms with E-state index >= 15 is 0 Å². The summed E-state index contributed by atoms with van der Waals surface area (Å²) in [6.07, 6.45) is 55.0. The van der Waals surface area contributed by atoms with Crippen molar-refractivity contribution in [3.8, 4) is 0 Å². The zero-order chi connectivity index (χ0) is 69.3. The lowest BCUT2D eigenvalue weighted by Crippen LogP contribution is -2.30. The molecule has 5 atom stereocenters. The predicted octanol–water partition coefficient (Wildman–Crippen LogP) is 21.9. The van der Waals surface area contributed by atoms with E-state index in [2.05, 4.69) is 41.5 Å². The van der Waals surface area contributed by atoms with Crippen LogP contribution in [0.2, 0.25) is 0 Å². The molecule has 558 valence electrons. The minimum atomic E-state index is -4.95. The van der Waals surface area contributed by atoms with Gasteiger partial charge in [-0.2, -0.15) is 0 Å². The first kappa shape index (κ1) is 92.1. The van der Waals surface area contributed by atoms with Crippen LogP contribution < -0.4 is 0 Å². The molecule has 0 aromatic carbocycles. The number of hydrogen-bond donors (Lipinski definition) is 3. The summed E-state index contributed by atoms with van der Waals surface area (Å²) in [5, 5.41) is 10.6. The van der Waals surface area contributed by atoms with Crippen LogP contribution in [0.25, 0.3) is 0 Å². The lowest BCUT2D eigenvalue weighted by Gasteiger charge is -2.21. The number of carbonyl (C=O) groups excluding carboxylic acids is 4. The van der Waals surface area contributed by atoms with Crippen LogP contribution in [-0.4, -0.2) is 96.7 Å². The third-order valence-corrected chi connectivity index (χ3v) is 19.4. The molecule has 0 heterocycles. The normalized spacial score (nSPS) is 14.0. The Bertz CT molecular complexity index is 1820. The maximum Gasteiger partial charge on any atom is 0.472 e. The molecule has 0 spiro atoms. The van der Waals surface area contributed by atoms with Gasteiger partial charge in [-0.25, -0.2) is 9.13 Å². The van der Waals surface area contributed by atoms with Gasteiger partial charge in [0.05, 0.1) is 26.4 Å². The second-order valence-corrected chi connectivity index (χ2v) is 30.9. The van der Waals surface area contributed by atoms with E-state index in [0.717, 1.165) is 102 Å². The van der Waals surface area contributed by atoms with E-state index in [4.69, 9.17) is 37.0 Å². The summed E-state index contributed by atoms with van der Waals surface area (Å²) in [5.74, 6) is -0.653. The summed E-state index contributed by atoms with van der Waals surface area (Å²) in [6, 6.07) is 0. The highest BCUT2D eigenvalue weighted by atomic mass is 31.2. The van der Waals surface area contributed by atoms with Gasteiger partial charge in [0.1, 0.15) is 19.3 Å². The number of ether oxygens (including phenoxy) is 4. The van der Waals surface area contributed by atoms with Gasteiger partial charge in [0.15, 0.2) is 12.2 Å². The molecular formula is C75H146O17P2. The van der Waals surface area contributed by atoms with Gasteiger partial charge in [0.2, 0.25) is 0 Å². The zero-order valence-corrected chi connectivity index (χ0v) is 63.1. The second kappa shape index (κ2) is 66.9. The number of phosphoric acid groups is 2. The number of phosphoric ester groups is 2. The lowest BCUT2D eigenvalue weighted by molar-refractivity contribution is -0.161. The largest absolute Gasteiger partial charge is 0.472 e. The fraction of sp³-hybridized carbons (Fsp3) is 0.947. The van der Waals surface area contributed by atoms with Crippen molar-refractivity contribution in [1.29, 1.82) is 0 Å². The van der Waals surface area contributed by atoms with Gasteiger partial charge >= 0.3 is 39.5 Å². The number of unbranched alkanes of at least 4 members (excludes halogenated alkanes) is 44. The summed E-state index contributed by atoms with van der Waals surface area (Å²) < 4.78 is 68.2. The summed E-state index contributed by atoms with van der Waals surface area (Å²) in [4.78, 5) is 72.4. The van der Waals surface area contributed by atoms with Gasteiger partial charge in [-0.3, -0.25) is 37.3 Å². The van der Waals surface area contributed by atoms with Crippen LogP contribution >= 0.6 is 15.6 Å². The van der Waals surface area contributed by atoms with Gasteiger partial charge in [-0.05, 0) is 37.5 Å². The molecule has 0 aliphatic rings. The Morgan fingerprint density at radius 3 is 0.723 bits per heavy atom. The monoisotopic (exact) mass is 1380 g/mol. The molecule has 0 aliphatic heterocycles. The zero-order valence-electron chi connectivity index (χ0n) is 61.3. The van der Waals surface area contributed by atoms with Crippen molar-refractivity contribution >= 4 is 39.5 Å². The van der Waals surface area contributed by atoms with E-state index in [-0.39, 0.29) is 25.7 Å². The highest BCUT2D eigenvalue weighted by Crippen LogP contribution is 2.45. The fourth-order valence-electron chi connectivity index (χ4n) is 11.5. The van der Waals surface area contributed by atoms with Crippen LogP contribution in [0.4, 0.5) is 0 Å². The molecular weight excluding hydrogens is 1230 g/mol. The molecule has 0 bridgehead atoms. The minimum Gasteiger partial charge on any atom is -0.462 e. The Morgan fingerprint density at radius 2 is 0.489 bits per heavy atom. The smallest absolute Gasteiger partial charge is 0.462 e. The van der Waals surface area contributed by atoms with Gasteiger partial charge in [-0.1, -0.05) is 337 Å². The van der Waals surface area contributed by atoms with Crippen molar-refractivity contribution in [3.63, 3.8) is 0 Å². The molecule has 0 aromatic rings. The van der Waals surface area contributed by atoms with Crippen molar-refractivity contribution in [2.75, 3.05) is 39.6 Å². The van der Waals surface area contributed by atoms with Crippen molar-refractivity contribution < 1.29 is 80.2 Å². The summed E-state index contributed by atoms with van der Waals surface area (Å²) in [5.41, 5.74) is 0. The molecule has 3 N–H and O–H groups in total. The fourth-order valence-corrected chi connectivity index (χ4v) is 13.1. The van der Waals surface area contributed by atoms with E-state index in [1.54, 1.807) is 0 Å². The van der Waals surface area contributed by atoms with E-state index in [0.29, 0.717) is 31.6 Å². The van der Waals surface area contributed by atoms with Crippen molar-refractivity contribution in [1.82, 2.24) is 0 Å². The summed E-state index contributed by atoms with van der Waals surface area (Å²) in [7, 11) is -9.89. The van der Waals surface area contributed by atoms with Crippen LogP contribution in [-0.2, 0) is 65.4 Å². The van der Waals surface area contributed by atoms with Crippen molar-refractivity contribution in [3.05, 3.63) is 0 Å². The number of rotatable bonds is 74. The van der Waals surface area contributed by atoms with Gasteiger partial charge in [0, 0.05) is 25.7 Å². The lowest BCUT2D eigenvalue weighted by atomic mass is 10.0. The molecule has 94 heavy (non-hydrogen) atoms. The van der Waals surface area contributed by atoms with Gasteiger partial charge in [-0.15, -0.1) is 0 Å². The topological polar surface area (TPSA) is 237 Å². The number of aliphatic hydroxyl groups excluding tert-OH is 1. The maximum absolute atomic E-state index is 13.1. The minimum absolute atomic E-state index is 0.101. The number of aliphatic hydroxyl groups is 1. The average molecular weight is 1380 g/mol. The van der Waals surface area contributed by atoms with Crippen LogP contribution in [0, 0.1) is 11.8 Å². The Hall–Kier alpha value is -1.94. The van der Waals surface area contributed by atoms with Crippen LogP contribution in [0.5, 0.6) is 0 Å². The standard InChI is InChI=1S/C75H146O17P2/c1-7-9-11-13-14-15-16-17-18-19-20-21-22-23-28-31-34-37-40-47-53-59-74(79)91-71(64-86-73(78)58-52-46-39-36-33-30-27-25-24-26-29-32-35-38-44-49-55-67(3)4)66-90-94(83,84)88-62-69(76)61-87-93(81,82)89-65-70(63-85-72(77)57-51-43-12-10-8-2)92-75(80)60-54-48-42-41-45-50-56-68(5)6/h67-71,76H,7-66H2,1-6H3,(H,81,82)(H,83,84)/t69-,70+,71+/m0/s1. The van der Waals surface area contributed by atoms with E-state index in [1.165, 1.54) is 199 Å². The molecule has 19 heteroatoms. The molecule has 0 saturated heterocycles.